The van der Waals surface area contributed by atoms with Gasteiger partial charge in [0.25, 0.3) is 5.16 Å². The molecule has 1 rings (SSSR count). The topological polar surface area (TPSA) is 122 Å². The fraction of sp³-hybridized carbons (Fsp3) is 0.500. The highest BCUT2D eigenvalue weighted by Crippen LogP contribution is 2.07. The van der Waals surface area contributed by atoms with Gasteiger partial charge in [-0.2, -0.15) is 18.4 Å². The van der Waals surface area contributed by atoms with Gasteiger partial charge in [0.15, 0.2) is 0 Å². The monoisotopic (exact) mass is 233 g/mol. The van der Waals surface area contributed by atoms with Crippen LogP contribution in [0.2, 0.25) is 0 Å². The Bertz CT molecular complexity index is 460. The predicted molar refractivity (Wildman–Crippen MR) is 51.6 cm³/mol. The van der Waals surface area contributed by atoms with E-state index in [0.29, 0.717) is 6.54 Å². The van der Waals surface area contributed by atoms with Gasteiger partial charge in [-0.1, -0.05) is 0 Å². The van der Waals surface area contributed by atoms with Gasteiger partial charge in [-0.3, -0.25) is 9.56 Å². The lowest BCUT2D eigenvalue weighted by Crippen LogP contribution is -2.33. The number of aryl methyl sites for hydroxylation is 1. The van der Waals surface area contributed by atoms with Crippen molar-refractivity contribution in [3.8, 4) is 0 Å². The van der Waals surface area contributed by atoms with Crippen molar-refractivity contribution < 1.29 is 13.0 Å². The van der Waals surface area contributed by atoms with Crippen LogP contribution in [0.25, 0.3) is 0 Å². The maximum atomic E-state index is 10.8. The molecule has 1 aromatic rings. The van der Waals surface area contributed by atoms with Crippen LogP contribution in [-0.2, 0) is 10.1 Å². The van der Waals surface area contributed by atoms with Crippen molar-refractivity contribution in [2.24, 2.45) is 5.84 Å². The van der Waals surface area contributed by atoms with Crippen LogP contribution in [0.1, 0.15) is 12.7 Å². The molecular formula is C6H11N5O3S. The van der Waals surface area contributed by atoms with Crippen molar-refractivity contribution in [3.63, 3.8) is 0 Å². The summed E-state index contributed by atoms with van der Waals surface area (Å²) in [6.07, 6.45) is 0. The Morgan fingerprint density at radius 3 is 2.47 bits per heavy atom. The summed E-state index contributed by atoms with van der Waals surface area (Å²) in [5.74, 6) is 5.64. The molecule has 0 unspecified atom stereocenters. The van der Waals surface area contributed by atoms with E-state index in [2.05, 4.69) is 15.0 Å². The highest BCUT2D eigenvalue weighted by atomic mass is 32.2. The molecular weight excluding hydrogens is 222 g/mol. The summed E-state index contributed by atoms with van der Waals surface area (Å²) in [6.45, 7) is 3.62. The van der Waals surface area contributed by atoms with Crippen molar-refractivity contribution in [1.82, 2.24) is 15.0 Å². The van der Waals surface area contributed by atoms with E-state index in [1.807, 2.05) is 0 Å². The first kappa shape index (κ1) is 11.8. The molecule has 0 aromatic carbocycles. The molecule has 0 bridgehead atoms. The molecule has 0 atom stereocenters. The van der Waals surface area contributed by atoms with Crippen LogP contribution in [-0.4, -0.2) is 34.5 Å². The number of hydrogen-bond acceptors (Lipinski definition) is 7. The van der Waals surface area contributed by atoms with Gasteiger partial charge in [0.1, 0.15) is 5.82 Å². The second kappa shape index (κ2) is 4.04. The molecule has 1 heterocycles. The minimum absolute atomic E-state index is 0.00220. The summed E-state index contributed by atoms with van der Waals surface area (Å²) in [5.41, 5.74) is 0. The van der Waals surface area contributed by atoms with Crippen LogP contribution in [0.15, 0.2) is 5.16 Å². The smallest absolute Gasteiger partial charge is 0.279 e. The Balaban J connectivity index is 3.29. The molecule has 0 saturated heterocycles. The van der Waals surface area contributed by atoms with Crippen molar-refractivity contribution in [2.45, 2.75) is 19.0 Å². The molecule has 0 aliphatic rings. The number of hydrogen-bond donors (Lipinski definition) is 2. The molecule has 15 heavy (non-hydrogen) atoms. The van der Waals surface area contributed by atoms with Crippen LogP contribution in [0.4, 0.5) is 5.95 Å². The molecule has 0 amide bonds. The minimum atomic E-state index is -4.43. The van der Waals surface area contributed by atoms with Crippen molar-refractivity contribution in [3.05, 3.63) is 5.82 Å². The predicted octanol–water partition coefficient (Wildman–Crippen LogP) is -0.873. The van der Waals surface area contributed by atoms with Gasteiger partial charge in [0.05, 0.1) is 0 Å². The van der Waals surface area contributed by atoms with E-state index in [0.717, 1.165) is 5.01 Å². The van der Waals surface area contributed by atoms with E-state index in [4.69, 9.17) is 10.4 Å². The third-order valence-corrected chi connectivity index (χ3v) is 2.19. The molecule has 0 spiro atoms. The van der Waals surface area contributed by atoms with Crippen LogP contribution < -0.4 is 10.9 Å². The summed E-state index contributed by atoms with van der Waals surface area (Å²) in [5, 5.41) is 0.442. The van der Waals surface area contributed by atoms with Gasteiger partial charge in [-0.05, 0) is 13.8 Å². The Morgan fingerprint density at radius 1 is 1.40 bits per heavy atom. The molecule has 0 aliphatic heterocycles. The second-order valence-electron chi connectivity index (χ2n) is 2.73. The quantitative estimate of drug-likeness (QED) is 0.392. The lowest BCUT2D eigenvalue weighted by Gasteiger charge is -2.13. The first-order valence-corrected chi connectivity index (χ1v) is 5.51. The summed E-state index contributed by atoms with van der Waals surface area (Å²) < 4.78 is 30.3. The fourth-order valence-corrected chi connectivity index (χ4v) is 1.27. The Morgan fingerprint density at radius 2 is 2.00 bits per heavy atom. The average Bonchev–Trinajstić information content (AvgIpc) is 2.14. The molecule has 0 fully saturated rings. The molecule has 8 nitrogen and oxygen atoms in total. The highest BCUT2D eigenvalue weighted by Gasteiger charge is 2.17. The number of rotatable bonds is 3. The zero-order chi connectivity index (χ0) is 11.6. The molecule has 3 N–H and O–H groups in total. The van der Waals surface area contributed by atoms with Crippen LogP contribution in [0, 0.1) is 6.92 Å². The lowest BCUT2D eigenvalue weighted by atomic mass is 10.6. The molecule has 9 heteroatoms. The number of aromatic nitrogens is 3. The number of nitrogens with two attached hydrogens (primary N) is 1. The molecule has 84 valence electrons. The average molecular weight is 233 g/mol. The summed E-state index contributed by atoms with van der Waals surface area (Å²) in [6, 6.07) is 0. The van der Waals surface area contributed by atoms with E-state index < -0.39 is 15.3 Å². The standard InChI is InChI=1S/C6H11N5O3S/c1-3-11(7)5-8-4(2)9-6(10-5)15(12,13)14/h3,7H2,1-2H3,(H,12,13,14). The summed E-state index contributed by atoms with van der Waals surface area (Å²) in [7, 11) is -4.43. The minimum Gasteiger partial charge on any atom is -0.279 e. The van der Waals surface area contributed by atoms with E-state index in [1.165, 1.54) is 6.92 Å². The van der Waals surface area contributed by atoms with Crippen LogP contribution in [0.5, 0.6) is 0 Å². The largest absolute Gasteiger partial charge is 0.330 e. The Kier molecular flexibility index (Phi) is 3.17. The molecule has 0 radical (unpaired) electrons. The third kappa shape index (κ3) is 2.81. The van der Waals surface area contributed by atoms with Crippen molar-refractivity contribution >= 4 is 16.1 Å². The number of nitrogens with zero attached hydrogens (tertiary/aromatic N) is 4. The Labute approximate surface area is 86.9 Å². The van der Waals surface area contributed by atoms with E-state index in [9.17, 15) is 8.42 Å². The molecule has 0 saturated carbocycles. The highest BCUT2D eigenvalue weighted by molar-refractivity contribution is 7.85. The van der Waals surface area contributed by atoms with E-state index in [-0.39, 0.29) is 11.8 Å². The zero-order valence-corrected chi connectivity index (χ0v) is 9.06. The zero-order valence-electron chi connectivity index (χ0n) is 8.25. The van der Waals surface area contributed by atoms with Crippen molar-refractivity contribution in [1.29, 1.82) is 0 Å². The van der Waals surface area contributed by atoms with Gasteiger partial charge in [-0.15, -0.1) is 0 Å². The Hall–Kier alpha value is -1.32. The summed E-state index contributed by atoms with van der Waals surface area (Å²) >= 11 is 0. The maximum Gasteiger partial charge on any atom is 0.330 e. The lowest BCUT2D eigenvalue weighted by molar-refractivity contribution is 0.472. The van der Waals surface area contributed by atoms with Crippen LogP contribution in [0.3, 0.4) is 0 Å². The van der Waals surface area contributed by atoms with E-state index in [1.54, 1.807) is 6.92 Å². The van der Waals surface area contributed by atoms with Gasteiger partial charge >= 0.3 is 10.1 Å². The fourth-order valence-electron chi connectivity index (χ4n) is 0.829. The first-order valence-electron chi connectivity index (χ1n) is 4.07. The van der Waals surface area contributed by atoms with Crippen LogP contribution >= 0.6 is 0 Å². The normalized spacial score (nSPS) is 11.5. The SMILES string of the molecule is CCN(N)c1nc(C)nc(S(=O)(=O)O)n1. The van der Waals surface area contributed by atoms with Crippen molar-refractivity contribution in [2.75, 3.05) is 11.6 Å². The second-order valence-corrected chi connectivity index (χ2v) is 4.04. The number of anilines is 1. The first-order chi connectivity index (χ1) is 6.84. The third-order valence-electron chi connectivity index (χ3n) is 1.54. The summed E-state index contributed by atoms with van der Waals surface area (Å²) in [4.78, 5) is 10.8. The number of hydrazine groups is 1. The van der Waals surface area contributed by atoms with Gasteiger partial charge in [-0.25, -0.2) is 10.8 Å². The van der Waals surface area contributed by atoms with Gasteiger partial charge < -0.3 is 0 Å². The van der Waals surface area contributed by atoms with Gasteiger partial charge in [0.2, 0.25) is 5.95 Å². The van der Waals surface area contributed by atoms with E-state index >= 15 is 0 Å². The molecule has 0 aliphatic carbocycles. The maximum absolute atomic E-state index is 10.8. The van der Waals surface area contributed by atoms with Gasteiger partial charge in [0, 0.05) is 6.54 Å². The molecule has 1 aromatic heterocycles.